The molecule has 0 radical (unpaired) electrons. The molecule has 1 amide bonds. The van der Waals surface area contributed by atoms with Crippen molar-refractivity contribution >= 4 is 6.09 Å². The van der Waals surface area contributed by atoms with Crippen LogP contribution in [0, 0.1) is 0 Å². The largest absolute Gasteiger partial charge is 0.439 e. The maximum atomic E-state index is 13.0. The number of hydrogen-bond donors (Lipinski definition) is 2. The van der Waals surface area contributed by atoms with Crippen molar-refractivity contribution in [1.82, 2.24) is 15.5 Å². The molecule has 2 heterocycles. The van der Waals surface area contributed by atoms with Crippen molar-refractivity contribution in [3.05, 3.63) is 71.8 Å². The van der Waals surface area contributed by atoms with Crippen molar-refractivity contribution in [1.29, 1.82) is 0 Å². The van der Waals surface area contributed by atoms with Gasteiger partial charge in [0.05, 0.1) is 0 Å². The summed E-state index contributed by atoms with van der Waals surface area (Å²) in [6, 6.07) is 21.5. The van der Waals surface area contributed by atoms with Crippen LogP contribution < -0.4 is 10.6 Å². The third-order valence-corrected chi connectivity index (χ3v) is 6.24. The lowest BCUT2D eigenvalue weighted by molar-refractivity contribution is 0.120. The monoisotopic (exact) mass is 363 g/mol. The Hall–Kier alpha value is -2.37. The summed E-state index contributed by atoms with van der Waals surface area (Å²) in [5.41, 5.74) is 2.19. The van der Waals surface area contributed by atoms with Crippen LogP contribution in [0.2, 0.25) is 0 Å². The van der Waals surface area contributed by atoms with E-state index in [9.17, 15) is 4.79 Å². The second kappa shape index (κ2) is 6.98. The molecule has 0 spiro atoms. The quantitative estimate of drug-likeness (QED) is 0.878. The Morgan fingerprint density at radius 3 is 2.26 bits per heavy atom. The van der Waals surface area contributed by atoms with Crippen molar-refractivity contribution in [3.63, 3.8) is 0 Å². The van der Waals surface area contributed by atoms with Crippen molar-refractivity contribution in [2.75, 3.05) is 6.67 Å². The van der Waals surface area contributed by atoms with Crippen LogP contribution in [0.3, 0.4) is 0 Å². The van der Waals surface area contributed by atoms with Crippen LogP contribution in [0.15, 0.2) is 60.7 Å². The zero-order valence-corrected chi connectivity index (χ0v) is 15.3. The van der Waals surface area contributed by atoms with Gasteiger partial charge in [-0.15, -0.1) is 0 Å². The van der Waals surface area contributed by atoms with Crippen LogP contribution in [0.25, 0.3) is 0 Å². The van der Waals surface area contributed by atoms with Crippen LogP contribution >= 0.6 is 0 Å². The molecule has 1 aliphatic carbocycles. The van der Waals surface area contributed by atoms with Gasteiger partial charge in [-0.1, -0.05) is 60.7 Å². The fourth-order valence-electron chi connectivity index (χ4n) is 4.94. The highest BCUT2D eigenvalue weighted by Crippen LogP contribution is 2.46. The average Bonchev–Trinajstić information content (AvgIpc) is 3.32. The second-order valence-corrected chi connectivity index (χ2v) is 7.74. The number of nitrogens with one attached hydrogen (secondary N) is 2. The molecule has 5 atom stereocenters. The smallest absolute Gasteiger partial charge is 0.411 e. The first-order valence-electron chi connectivity index (χ1n) is 9.87. The van der Waals surface area contributed by atoms with E-state index in [0.29, 0.717) is 12.1 Å². The van der Waals surface area contributed by atoms with Crippen molar-refractivity contribution in [2.24, 2.45) is 0 Å². The van der Waals surface area contributed by atoms with E-state index in [1.807, 2.05) is 41.3 Å². The minimum absolute atomic E-state index is 0.0861. The maximum Gasteiger partial charge on any atom is 0.411 e. The topological polar surface area (TPSA) is 53.6 Å². The van der Waals surface area contributed by atoms with Crippen LogP contribution in [0.5, 0.6) is 0 Å². The number of carbonyl (C=O) groups is 1. The Bertz CT molecular complexity index is 798. The molecule has 1 saturated carbocycles. The Balaban J connectivity index is 1.50. The first kappa shape index (κ1) is 16.8. The highest BCUT2D eigenvalue weighted by Gasteiger charge is 2.48. The summed E-state index contributed by atoms with van der Waals surface area (Å²) in [6.07, 6.45) is 2.61. The van der Waals surface area contributed by atoms with E-state index in [2.05, 4.69) is 34.9 Å². The van der Waals surface area contributed by atoms with E-state index in [-0.39, 0.29) is 24.3 Å². The molecule has 140 valence electrons. The van der Waals surface area contributed by atoms with Gasteiger partial charge in [-0.3, -0.25) is 4.90 Å². The molecule has 2 aromatic rings. The number of amides is 1. The molecule has 0 aromatic heterocycles. The first-order valence-corrected chi connectivity index (χ1v) is 9.87. The predicted octanol–water partition coefficient (Wildman–Crippen LogP) is 3.36. The number of ether oxygens (including phenoxy) is 1. The summed E-state index contributed by atoms with van der Waals surface area (Å²) in [5, 5.41) is 7.05. The summed E-state index contributed by atoms with van der Waals surface area (Å²) in [5.74, 6) is 0. The molecule has 2 saturated heterocycles. The maximum absolute atomic E-state index is 13.0. The third kappa shape index (κ3) is 3.01. The molecule has 0 bridgehead atoms. The van der Waals surface area contributed by atoms with Gasteiger partial charge in [0, 0.05) is 24.8 Å². The summed E-state index contributed by atoms with van der Waals surface area (Å²) >= 11 is 0. The number of cyclic esters (lactones) is 1. The minimum Gasteiger partial charge on any atom is -0.439 e. The van der Waals surface area contributed by atoms with E-state index in [0.717, 1.165) is 37.1 Å². The van der Waals surface area contributed by atoms with Crippen LogP contribution in [-0.2, 0) is 4.74 Å². The standard InChI is InChI=1S/C22H25N3O2/c26-22-25(17-11-12-18-19(13-17)24-14-23-18)20(15-7-3-1-4-8-15)21(27-22)16-9-5-2-6-10-16/h1-10,17-21,23-24H,11-14H2/t17?,18?,19?,20-,21+/m0/s1. The Morgan fingerprint density at radius 1 is 0.852 bits per heavy atom. The van der Waals surface area contributed by atoms with Crippen LogP contribution in [-0.4, -0.2) is 35.8 Å². The molecule has 5 heteroatoms. The molecule has 2 N–H and O–H groups in total. The molecule has 2 aliphatic heterocycles. The van der Waals surface area contributed by atoms with Crippen LogP contribution in [0.1, 0.15) is 42.5 Å². The number of hydrogen-bond acceptors (Lipinski definition) is 4. The van der Waals surface area contributed by atoms with Gasteiger partial charge in [-0.25, -0.2) is 4.79 Å². The Labute approximate surface area is 159 Å². The zero-order valence-electron chi connectivity index (χ0n) is 15.3. The summed E-state index contributed by atoms with van der Waals surface area (Å²) in [7, 11) is 0. The Morgan fingerprint density at radius 2 is 1.52 bits per heavy atom. The van der Waals surface area contributed by atoms with Gasteiger partial charge < -0.3 is 15.4 Å². The number of benzene rings is 2. The van der Waals surface area contributed by atoms with Gasteiger partial charge in [0.1, 0.15) is 6.04 Å². The van der Waals surface area contributed by atoms with Crippen molar-refractivity contribution in [3.8, 4) is 0 Å². The number of fused-ring (bicyclic) bond motifs is 1. The van der Waals surface area contributed by atoms with E-state index in [1.54, 1.807) is 0 Å². The molecule has 5 nitrogen and oxygen atoms in total. The van der Waals surface area contributed by atoms with E-state index >= 15 is 0 Å². The van der Waals surface area contributed by atoms with Gasteiger partial charge in [0.25, 0.3) is 0 Å². The van der Waals surface area contributed by atoms with Crippen molar-refractivity contribution < 1.29 is 9.53 Å². The number of nitrogens with zero attached hydrogens (tertiary/aromatic N) is 1. The molecular weight excluding hydrogens is 338 g/mol. The predicted molar refractivity (Wildman–Crippen MR) is 103 cm³/mol. The first-order chi connectivity index (χ1) is 13.3. The SMILES string of the molecule is O=C1O[C@H](c2ccccc2)[C@H](c2ccccc2)N1C1CCC2NCNC2C1. The molecule has 3 fully saturated rings. The van der Waals surface area contributed by atoms with Gasteiger partial charge in [-0.05, 0) is 30.4 Å². The lowest BCUT2D eigenvalue weighted by Gasteiger charge is -2.38. The average molecular weight is 363 g/mol. The lowest BCUT2D eigenvalue weighted by Crippen LogP contribution is -2.49. The van der Waals surface area contributed by atoms with E-state index in [1.165, 1.54) is 0 Å². The van der Waals surface area contributed by atoms with Gasteiger partial charge in [0.15, 0.2) is 6.10 Å². The molecule has 27 heavy (non-hydrogen) atoms. The van der Waals surface area contributed by atoms with Gasteiger partial charge in [-0.2, -0.15) is 0 Å². The second-order valence-electron chi connectivity index (χ2n) is 7.74. The highest BCUT2D eigenvalue weighted by atomic mass is 16.6. The summed E-state index contributed by atoms with van der Waals surface area (Å²) in [4.78, 5) is 15.0. The molecule has 2 aromatic carbocycles. The third-order valence-electron chi connectivity index (χ3n) is 6.24. The fraction of sp³-hybridized carbons (Fsp3) is 0.409. The number of carbonyl (C=O) groups excluding carboxylic acids is 1. The van der Waals surface area contributed by atoms with Crippen molar-refractivity contribution in [2.45, 2.75) is 49.5 Å². The lowest BCUT2D eigenvalue weighted by atomic mass is 9.85. The van der Waals surface area contributed by atoms with E-state index in [4.69, 9.17) is 4.74 Å². The normalized spacial score (nSPS) is 33.0. The van der Waals surface area contributed by atoms with Gasteiger partial charge >= 0.3 is 6.09 Å². The molecular formula is C22H25N3O2. The molecule has 3 aliphatic rings. The highest BCUT2D eigenvalue weighted by molar-refractivity contribution is 5.72. The van der Waals surface area contributed by atoms with Crippen LogP contribution in [0.4, 0.5) is 4.79 Å². The summed E-state index contributed by atoms with van der Waals surface area (Å²) < 4.78 is 5.94. The minimum atomic E-state index is -0.270. The Kier molecular flexibility index (Phi) is 4.34. The fourth-order valence-corrected chi connectivity index (χ4v) is 4.94. The van der Waals surface area contributed by atoms with E-state index < -0.39 is 0 Å². The molecule has 3 unspecified atom stereocenters. The summed E-state index contributed by atoms with van der Waals surface area (Å²) in [6.45, 7) is 0.862. The van der Waals surface area contributed by atoms with Gasteiger partial charge in [0.2, 0.25) is 0 Å². The molecule has 5 rings (SSSR count). The number of rotatable bonds is 3. The zero-order chi connectivity index (χ0) is 18.2.